The van der Waals surface area contributed by atoms with Crippen molar-refractivity contribution in [1.82, 2.24) is 9.97 Å². The average Bonchev–Trinajstić information content (AvgIpc) is 2.42. The summed E-state index contributed by atoms with van der Waals surface area (Å²) in [6.45, 7) is 6.41. The fraction of sp³-hybridized carbons (Fsp3) is 0.600. The lowest BCUT2D eigenvalue weighted by atomic mass is 10.1. The third-order valence-electron chi connectivity index (χ3n) is 3.05. The second-order valence-corrected chi connectivity index (χ2v) is 5.01. The lowest BCUT2D eigenvalue weighted by Crippen LogP contribution is -2.30. The minimum absolute atomic E-state index is 0.000471. The van der Waals surface area contributed by atoms with E-state index < -0.39 is 0 Å². The largest absolute Gasteiger partial charge is 0.394 e. The molecule has 0 aliphatic carbocycles. The molecule has 0 bridgehead atoms. The van der Waals surface area contributed by atoms with Crippen LogP contribution in [0.25, 0.3) is 6.08 Å². The Morgan fingerprint density at radius 3 is 2.68 bits per heavy atom. The number of aliphatic hydroxyl groups is 1. The summed E-state index contributed by atoms with van der Waals surface area (Å²) in [5.41, 5.74) is 0.831. The van der Waals surface area contributed by atoms with Crippen LogP contribution in [-0.2, 0) is 0 Å². The van der Waals surface area contributed by atoms with Crippen molar-refractivity contribution in [3.63, 3.8) is 0 Å². The Morgan fingerprint density at radius 2 is 2.05 bits per heavy atom. The van der Waals surface area contributed by atoms with Gasteiger partial charge in [-0.2, -0.15) is 0 Å². The summed E-state index contributed by atoms with van der Waals surface area (Å²) in [7, 11) is 0. The molecule has 0 aromatic carbocycles. The van der Waals surface area contributed by atoms with E-state index in [0.717, 1.165) is 17.9 Å². The third kappa shape index (κ3) is 5.39. The molecule has 4 nitrogen and oxygen atoms in total. The zero-order chi connectivity index (χ0) is 14.1. The highest BCUT2D eigenvalue weighted by molar-refractivity contribution is 5.59. The number of hydrogen-bond acceptors (Lipinski definition) is 4. The molecule has 0 saturated heterocycles. The van der Waals surface area contributed by atoms with Gasteiger partial charge in [0.1, 0.15) is 5.69 Å². The highest BCUT2D eigenvalue weighted by atomic mass is 16.3. The van der Waals surface area contributed by atoms with Crippen molar-refractivity contribution in [2.24, 2.45) is 5.92 Å². The van der Waals surface area contributed by atoms with Gasteiger partial charge in [-0.25, -0.2) is 4.98 Å². The molecule has 0 amide bonds. The van der Waals surface area contributed by atoms with E-state index in [1.54, 1.807) is 12.4 Å². The Morgan fingerprint density at radius 1 is 1.32 bits per heavy atom. The van der Waals surface area contributed by atoms with Crippen molar-refractivity contribution in [2.45, 2.75) is 46.1 Å². The van der Waals surface area contributed by atoms with Crippen LogP contribution in [0.2, 0.25) is 0 Å². The third-order valence-corrected chi connectivity index (χ3v) is 3.05. The van der Waals surface area contributed by atoms with Gasteiger partial charge >= 0.3 is 0 Å². The smallest absolute Gasteiger partial charge is 0.152 e. The molecule has 106 valence electrons. The van der Waals surface area contributed by atoms with E-state index in [1.165, 1.54) is 12.8 Å². The summed E-state index contributed by atoms with van der Waals surface area (Å²) in [6, 6.07) is -0.000471. The van der Waals surface area contributed by atoms with Crippen LogP contribution in [-0.4, -0.2) is 27.7 Å². The lowest BCUT2D eigenvalue weighted by molar-refractivity contribution is 0.249. The zero-order valence-electron chi connectivity index (χ0n) is 12.1. The van der Waals surface area contributed by atoms with Gasteiger partial charge in [0.15, 0.2) is 5.82 Å². The van der Waals surface area contributed by atoms with Crippen molar-refractivity contribution in [2.75, 3.05) is 11.9 Å². The fourth-order valence-corrected chi connectivity index (χ4v) is 1.70. The minimum atomic E-state index is -0.000471. The minimum Gasteiger partial charge on any atom is -0.394 e. The number of unbranched alkanes of at least 4 members (excludes halogenated alkanes) is 2. The first-order chi connectivity index (χ1) is 9.19. The lowest BCUT2D eigenvalue weighted by Gasteiger charge is -2.21. The highest BCUT2D eigenvalue weighted by Gasteiger charge is 2.13. The molecule has 4 heteroatoms. The van der Waals surface area contributed by atoms with Gasteiger partial charge in [-0.15, -0.1) is 0 Å². The number of allylic oxidation sites excluding steroid dienone is 1. The van der Waals surface area contributed by atoms with Gasteiger partial charge < -0.3 is 10.4 Å². The molecule has 0 saturated carbocycles. The number of aromatic nitrogens is 2. The van der Waals surface area contributed by atoms with Gasteiger partial charge in [0.2, 0.25) is 0 Å². The van der Waals surface area contributed by atoms with E-state index >= 15 is 0 Å². The number of hydrogen-bond donors (Lipinski definition) is 2. The molecule has 1 aromatic heterocycles. The van der Waals surface area contributed by atoms with Gasteiger partial charge in [0.05, 0.1) is 12.6 Å². The molecule has 2 N–H and O–H groups in total. The number of anilines is 1. The maximum Gasteiger partial charge on any atom is 0.152 e. The maximum atomic E-state index is 9.37. The predicted octanol–water partition coefficient (Wildman–Crippen LogP) is 3.11. The predicted molar refractivity (Wildman–Crippen MR) is 79.9 cm³/mol. The Kier molecular flexibility index (Phi) is 7.11. The second kappa shape index (κ2) is 8.64. The van der Waals surface area contributed by atoms with Crippen LogP contribution in [0.4, 0.5) is 5.82 Å². The van der Waals surface area contributed by atoms with E-state index in [2.05, 4.69) is 42.1 Å². The van der Waals surface area contributed by atoms with Crippen LogP contribution >= 0.6 is 0 Å². The summed E-state index contributed by atoms with van der Waals surface area (Å²) in [6.07, 6.45) is 10.9. The van der Waals surface area contributed by atoms with Crippen molar-refractivity contribution >= 4 is 11.9 Å². The SMILES string of the molecule is CCCC/C=C/c1nccnc1N[C@@H](CO)C(C)C. The van der Waals surface area contributed by atoms with Crippen molar-refractivity contribution in [3.05, 3.63) is 24.2 Å². The average molecular weight is 263 g/mol. The first kappa shape index (κ1) is 15.6. The standard InChI is InChI=1S/C15H25N3O/c1-4-5-6-7-8-13-15(17-10-9-16-13)18-14(11-19)12(2)3/h7-10,12,14,19H,4-6,11H2,1-3H3,(H,17,18)/b8-7+/t14-/m0/s1. The molecule has 0 aliphatic rings. The summed E-state index contributed by atoms with van der Waals surface area (Å²) in [5, 5.41) is 12.6. The van der Waals surface area contributed by atoms with Crippen molar-refractivity contribution in [3.8, 4) is 0 Å². The molecule has 1 rings (SSSR count). The molecule has 0 radical (unpaired) electrons. The second-order valence-electron chi connectivity index (χ2n) is 5.01. The molecule has 0 unspecified atom stereocenters. The van der Waals surface area contributed by atoms with E-state index in [-0.39, 0.29) is 12.6 Å². The normalized spacial score (nSPS) is 13.1. The molecule has 1 aromatic rings. The van der Waals surface area contributed by atoms with Crippen LogP contribution < -0.4 is 5.32 Å². The van der Waals surface area contributed by atoms with Gasteiger partial charge in [-0.3, -0.25) is 4.98 Å². The van der Waals surface area contributed by atoms with Gasteiger partial charge in [-0.1, -0.05) is 39.7 Å². The van der Waals surface area contributed by atoms with Crippen LogP contribution in [0, 0.1) is 5.92 Å². The molecule has 0 fully saturated rings. The summed E-state index contributed by atoms with van der Waals surface area (Å²) < 4.78 is 0. The first-order valence-corrected chi connectivity index (χ1v) is 7.04. The molecular formula is C15H25N3O. The Bertz CT molecular complexity index is 391. The molecule has 0 spiro atoms. The Balaban J connectivity index is 2.74. The Hall–Kier alpha value is -1.42. The molecular weight excluding hydrogens is 238 g/mol. The van der Waals surface area contributed by atoms with Crippen LogP contribution in [0.15, 0.2) is 18.5 Å². The topological polar surface area (TPSA) is 58.0 Å². The van der Waals surface area contributed by atoms with Crippen molar-refractivity contribution < 1.29 is 5.11 Å². The summed E-state index contributed by atoms with van der Waals surface area (Å²) in [5.74, 6) is 1.08. The first-order valence-electron chi connectivity index (χ1n) is 7.04. The van der Waals surface area contributed by atoms with Gasteiger partial charge in [0.25, 0.3) is 0 Å². The quantitative estimate of drug-likeness (QED) is 0.708. The van der Waals surface area contributed by atoms with Crippen LogP contribution in [0.3, 0.4) is 0 Å². The number of rotatable bonds is 8. The molecule has 1 atom stereocenters. The molecule has 1 heterocycles. The Labute approximate surface area is 116 Å². The van der Waals surface area contributed by atoms with E-state index in [9.17, 15) is 5.11 Å². The molecule has 19 heavy (non-hydrogen) atoms. The monoisotopic (exact) mass is 263 g/mol. The maximum absolute atomic E-state index is 9.37. The number of nitrogens with zero attached hydrogens (tertiary/aromatic N) is 2. The fourth-order valence-electron chi connectivity index (χ4n) is 1.70. The van der Waals surface area contributed by atoms with E-state index in [4.69, 9.17) is 0 Å². The van der Waals surface area contributed by atoms with E-state index in [1.807, 2.05) is 6.08 Å². The highest BCUT2D eigenvalue weighted by Crippen LogP contribution is 2.15. The van der Waals surface area contributed by atoms with Gasteiger partial charge in [-0.05, 0) is 18.4 Å². The number of nitrogens with one attached hydrogen (secondary N) is 1. The van der Waals surface area contributed by atoms with Crippen LogP contribution in [0.5, 0.6) is 0 Å². The van der Waals surface area contributed by atoms with E-state index in [0.29, 0.717) is 5.92 Å². The van der Waals surface area contributed by atoms with Crippen LogP contribution in [0.1, 0.15) is 45.7 Å². The van der Waals surface area contributed by atoms with Crippen molar-refractivity contribution in [1.29, 1.82) is 0 Å². The number of aliphatic hydroxyl groups excluding tert-OH is 1. The summed E-state index contributed by atoms with van der Waals surface area (Å²) >= 11 is 0. The van der Waals surface area contributed by atoms with Gasteiger partial charge in [0, 0.05) is 12.4 Å². The zero-order valence-corrected chi connectivity index (χ0v) is 12.1. The summed E-state index contributed by atoms with van der Waals surface area (Å²) in [4.78, 5) is 8.64. The molecule has 0 aliphatic heterocycles.